The largest absolute Gasteiger partial charge is 0.492 e. The predicted molar refractivity (Wildman–Crippen MR) is 113 cm³/mol. The van der Waals surface area contributed by atoms with Crippen LogP contribution >= 0.6 is 28.1 Å². The average Bonchev–Trinajstić information content (AvgIpc) is 2.60. The number of aryl methyl sites for hydroxylation is 1. The number of thiocarbonyl (C=S) groups is 1. The van der Waals surface area contributed by atoms with Crippen molar-refractivity contribution in [1.82, 2.24) is 10.6 Å². The van der Waals surface area contributed by atoms with Crippen molar-refractivity contribution in [1.29, 1.82) is 0 Å². The van der Waals surface area contributed by atoms with Crippen LogP contribution in [0.4, 0.5) is 0 Å². The van der Waals surface area contributed by atoms with Crippen molar-refractivity contribution in [3.05, 3.63) is 63.6 Å². The van der Waals surface area contributed by atoms with Crippen molar-refractivity contribution in [2.75, 3.05) is 6.61 Å². The van der Waals surface area contributed by atoms with E-state index < -0.39 is 0 Å². The number of benzene rings is 2. The molecular formula is C20H23BrN2O2S. The summed E-state index contributed by atoms with van der Waals surface area (Å²) in [5.74, 6) is 0.610. The van der Waals surface area contributed by atoms with E-state index in [0.29, 0.717) is 30.4 Å². The van der Waals surface area contributed by atoms with Crippen LogP contribution in [0.15, 0.2) is 46.9 Å². The highest BCUT2D eigenvalue weighted by Crippen LogP contribution is 2.23. The molecule has 0 aromatic heterocycles. The van der Waals surface area contributed by atoms with Crippen LogP contribution in [0.1, 0.15) is 35.3 Å². The maximum absolute atomic E-state index is 12.6. The molecule has 138 valence electrons. The van der Waals surface area contributed by atoms with Crippen LogP contribution in [0.3, 0.4) is 0 Å². The molecule has 4 nitrogen and oxygen atoms in total. The average molecular weight is 435 g/mol. The molecule has 26 heavy (non-hydrogen) atoms. The molecule has 0 unspecified atom stereocenters. The van der Waals surface area contributed by atoms with Gasteiger partial charge in [-0.05, 0) is 48.8 Å². The minimum Gasteiger partial charge on any atom is -0.492 e. The van der Waals surface area contributed by atoms with Crippen molar-refractivity contribution in [3.63, 3.8) is 0 Å². The van der Waals surface area contributed by atoms with Crippen LogP contribution < -0.4 is 15.4 Å². The van der Waals surface area contributed by atoms with Gasteiger partial charge in [-0.1, -0.05) is 59.6 Å². The van der Waals surface area contributed by atoms with Crippen molar-refractivity contribution in [3.8, 4) is 5.75 Å². The van der Waals surface area contributed by atoms with Gasteiger partial charge < -0.3 is 10.1 Å². The van der Waals surface area contributed by atoms with Crippen molar-refractivity contribution >= 4 is 39.2 Å². The Balaban J connectivity index is 1.98. The Morgan fingerprint density at radius 3 is 2.54 bits per heavy atom. The van der Waals surface area contributed by atoms with E-state index in [1.807, 2.05) is 37.3 Å². The summed E-state index contributed by atoms with van der Waals surface area (Å²) in [5, 5.41) is 6.05. The van der Waals surface area contributed by atoms with Gasteiger partial charge in [0.2, 0.25) is 0 Å². The van der Waals surface area contributed by atoms with Gasteiger partial charge in [-0.15, -0.1) is 0 Å². The minimum atomic E-state index is -0.300. The summed E-state index contributed by atoms with van der Waals surface area (Å²) >= 11 is 8.64. The van der Waals surface area contributed by atoms with Crippen LogP contribution in [-0.2, 0) is 6.54 Å². The van der Waals surface area contributed by atoms with Gasteiger partial charge in [0.15, 0.2) is 5.11 Å². The molecule has 0 spiro atoms. The number of ether oxygens (including phenoxy) is 1. The SMILES string of the molecule is Cc1ccc(CNC(=S)NC(=O)c2cc(Br)ccc2OCC(C)C)cc1. The zero-order valence-electron chi connectivity index (χ0n) is 15.1. The second-order valence-corrected chi connectivity index (χ2v) is 7.79. The summed E-state index contributed by atoms with van der Waals surface area (Å²) in [4.78, 5) is 12.6. The Morgan fingerprint density at radius 2 is 1.88 bits per heavy atom. The molecule has 0 aliphatic rings. The Morgan fingerprint density at radius 1 is 1.19 bits per heavy atom. The fourth-order valence-corrected chi connectivity index (χ4v) is 2.69. The van der Waals surface area contributed by atoms with Gasteiger partial charge in [0.05, 0.1) is 12.2 Å². The number of carbonyl (C=O) groups excluding carboxylic acids is 1. The number of hydrogen-bond acceptors (Lipinski definition) is 3. The monoisotopic (exact) mass is 434 g/mol. The zero-order valence-corrected chi connectivity index (χ0v) is 17.5. The molecule has 0 saturated heterocycles. The molecule has 0 bridgehead atoms. The van der Waals surface area contributed by atoms with Gasteiger partial charge in [-0.25, -0.2) is 0 Å². The third-order valence-corrected chi connectivity index (χ3v) is 4.30. The van der Waals surface area contributed by atoms with E-state index in [4.69, 9.17) is 17.0 Å². The summed E-state index contributed by atoms with van der Waals surface area (Å²) in [7, 11) is 0. The Kier molecular flexibility index (Phi) is 7.60. The first kappa shape index (κ1) is 20.4. The van der Waals surface area contributed by atoms with E-state index in [9.17, 15) is 4.79 Å². The summed E-state index contributed by atoms with van der Waals surface area (Å²) in [6, 6.07) is 13.5. The van der Waals surface area contributed by atoms with Crippen LogP contribution in [0.25, 0.3) is 0 Å². The molecular weight excluding hydrogens is 412 g/mol. The molecule has 0 aliphatic carbocycles. The number of rotatable bonds is 6. The van der Waals surface area contributed by atoms with Gasteiger partial charge in [-0.2, -0.15) is 0 Å². The van der Waals surface area contributed by atoms with Gasteiger partial charge in [0.1, 0.15) is 5.75 Å². The highest BCUT2D eigenvalue weighted by Gasteiger charge is 2.15. The predicted octanol–water partition coefficient (Wildman–Crippen LogP) is 4.60. The molecule has 0 fully saturated rings. The number of carbonyl (C=O) groups is 1. The van der Waals surface area contributed by atoms with Crippen molar-refractivity contribution < 1.29 is 9.53 Å². The standard InChI is InChI=1S/C20H23BrN2O2S/c1-13(2)12-25-18-9-8-16(21)10-17(18)19(24)23-20(26)22-11-15-6-4-14(3)5-7-15/h4-10,13H,11-12H2,1-3H3,(H2,22,23,24,26). The van der Waals surface area contributed by atoms with Crippen LogP contribution in [0, 0.1) is 12.8 Å². The molecule has 2 N–H and O–H groups in total. The smallest absolute Gasteiger partial charge is 0.261 e. The first-order chi connectivity index (χ1) is 12.3. The minimum absolute atomic E-state index is 0.283. The van der Waals surface area contributed by atoms with Crippen molar-refractivity contribution in [2.24, 2.45) is 5.92 Å². The summed E-state index contributed by atoms with van der Waals surface area (Å²) in [6.07, 6.45) is 0. The lowest BCUT2D eigenvalue weighted by atomic mass is 10.1. The molecule has 2 aromatic rings. The maximum Gasteiger partial charge on any atom is 0.261 e. The van der Waals surface area contributed by atoms with Crippen LogP contribution in [0.2, 0.25) is 0 Å². The van der Waals surface area contributed by atoms with Crippen LogP contribution in [-0.4, -0.2) is 17.6 Å². The second kappa shape index (κ2) is 9.69. The second-order valence-electron chi connectivity index (χ2n) is 6.47. The van der Waals surface area contributed by atoms with Gasteiger partial charge in [0, 0.05) is 11.0 Å². The summed E-state index contributed by atoms with van der Waals surface area (Å²) in [5.41, 5.74) is 2.74. The van der Waals surface area contributed by atoms with Gasteiger partial charge in [0.25, 0.3) is 5.91 Å². The molecule has 0 heterocycles. The van der Waals surface area contributed by atoms with Gasteiger partial charge >= 0.3 is 0 Å². The van der Waals surface area contributed by atoms with Crippen molar-refractivity contribution in [2.45, 2.75) is 27.3 Å². The zero-order chi connectivity index (χ0) is 19.1. The normalized spacial score (nSPS) is 10.5. The number of amides is 1. The first-order valence-corrected chi connectivity index (χ1v) is 9.62. The number of hydrogen-bond donors (Lipinski definition) is 2. The van der Waals surface area contributed by atoms with E-state index >= 15 is 0 Å². The molecule has 0 radical (unpaired) electrons. The molecule has 2 rings (SSSR count). The Bertz CT molecular complexity index is 776. The number of halogens is 1. The van der Waals surface area contributed by atoms with E-state index in [2.05, 4.69) is 40.4 Å². The van der Waals surface area contributed by atoms with E-state index in [1.165, 1.54) is 5.56 Å². The third kappa shape index (κ3) is 6.42. The molecule has 1 amide bonds. The summed E-state index contributed by atoms with van der Waals surface area (Å²) < 4.78 is 6.56. The highest BCUT2D eigenvalue weighted by molar-refractivity contribution is 9.10. The first-order valence-electron chi connectivity index (χ1n) is 8.42. The Hall–Kier alpha value is -1.92. The highest BCUT2D eigenvalue weighted by atomic mass is 79.9. The number of nitrogens with one attached hydrogen (secondary N) is 2. The fourth-order valence-electron chi connectivity index (χ4n) is 2.16. The molecule has 2 aromatic carbocycles. The lowest BCUT2D eigenvalue weighted by Crippen LogP contribution is -2.39. The topological polar surface area (TPSA) is 50.4 Å². The molecule has 0 atom stereocenters. The van der Waals surface area contributed by atoms with E-state index in [-0.39, 0.29) is 11.0 Å². The summed E-state index contributed by atoms with van der Waals surface area (Å²) in [6.45, 7) is 7.25. The van der Waals surface area contributed by atoms with Crippen LogP contribution in [0.5, 0.6) is 5.75 Å². The van der Waals surface area contributed by atoms with E-state index in [0.717, 1.165) is 10.0 Å². The molecule has 6 heteroatoms. The Labute approximate surface area is 168 Å². The lowest BCUT2D eigenvalue weighted by molar-refractivity contribution is 0.0971. The molecule has 0 aliphatic heterocycles. The third-order valence-electron chi connectivity index (χ3n) is 3.56. The lowest BCUT2D eigenvalue weighted by Gasteiger charge is -2.14. The molecule has 0 saturated carbocycles. The maximum atomic E-state index is 12.6. The fraction of sp³-hybridized carbons (Fsp3) is 0.300. The van der Waals surface area contributed by atoms with Gasteiger partial charge in [-0.3, -0.25) is 10.1 Å². The quantitative estimate of drug-likeness (QED) is 0.652. The van der Waals surface area contributed by atoms with E-state index in [1.54, 1.807) is 12.1 Å².